The molecular weight excluding hydrogens is 801 g/mol. The van der Waals surface area contributed by atoms with Crippen molar-refractivity contribution in [1.82, 2.24) is 0 Å². The van der Waals surface area contributed by atoms with Crippen molar-refractivity contribution < 1.29 is 9.47 Å². The summed E-state index contributed by atoms with van der Waals surface area (Å²) in [6, 6.07) is 45.5. The van der Waals surface area contributed by atoms with Gasteiger partial charge in [-0.15, -0.1) is 0 Å². The highest BCUT2D eigenvalue weighted by Crippen LogP contribution is 2.52. The molecule has 1 saturated carbocycles. The molecule has 66 heavy (non-hydrogen) atoms. The third-order valence-corrected chi connectivity index (χ3v) is 14.9. The second-order valence-electron chi connectivity index (χ2n) is 19.2. The molecule has 0 aromatic heterocycles. The molecule has 0 radical (unpaired) electrons. The lowest BCUT2D eigenvalue weighted by molar-refractivity contribution is 0.177. The lowest BCUT2D eigenvalue weighted by Crippen LogP contribution is -2.29. The van der Waals surface area contributed by atoms with Crippen LogP contribution in [0.3, 0.4) is 0 Å². The second-order valence-corrected chi connectivity index (χ2v) is 19.2. The Hall–Kier alpha value is -6.64. The minimum atomic E-state index is -0.113. The summed E-state index contributed by atoms with van der Waals surface area (Å²) >= 11 is 0. The first kappa shape index (κ1) is 43.3. The predicted octanol–water partition coefficient (Wildman–Crippen LogP) is 17.8. The molecule has 2 atom stereocenters. The molecule has 0 saturated heterocycles. The topological polar surface area (TPSA) is 18.5 Å². The Kier molecular flexibility index (Phi) is 11.8. The fourth-order valence-corrected chi connectivity index (χ4v) is 10.9. The molecule has 0 amide bonds. The summed E-state index contributed by atoms with van der Waals surface area (Å²) in [4.78, 5) is 0. The van der Waals surface area contributed by atoms with Gasteiger partial charge in [0.1, 0.15) is 17.6 Å². The van der Waals surface area contributed by atoms with Crippen molar-refractivity contribution in [2.45, 2.75) is 99.0 Å². The van der Waals surface area contributed by atoms with Crippen LogP contribution in [0.4, 0.5) is 0 Å². The van der Waals surface area contributed by atoms with Gasteiger partial charge in [-0.1, -0.05) is 136 Å². The summed E-state index contributed by atoms with van der Waals surface area (Å²) in [5, 5.41) is 0. The summed E-state index contributed by atoms with van der Waals surface area (Å²) in [7, 11) is 0. The Morgan fingerprint density at radius 3 is 2.12 bits per heavy atom. The first-order chi connectivity index (χ1) is 32.1. The Balaban J connectivity index is 1.01. The molecule has 0 N–H and O–H groups in total. The van der Waals surface area contributed by atoms with E-state index in [1.807, 2.05) is 12.3 Å². The number of aryl methyl sites for hydroxylation is 3. The molecule has 10 rings (SSSR count). The van der Waals surface area contributed by atoms with E-state index in [0.29, 0.717) is 5.92 Å². The highest BCUT2D eigenvalue weighted by Gasteiger charge is 2.42. The fourth-order valence-electron chi connectivity index (χ4n) is 10.9. The number of rotatable bonds is 10. The van der Waals surface area contributed by atoms with Crippen LogP contribution in [0.2, 0.25) is 0 Å². The van der Waals surface area contributed by atoms with E-state index < -0.39 is 0 Å². The van der Waals surface area contributed by atoms with E-state index in [4.69, 9.17) is 9.47 Å². The number of fused-ring (bicyclic) bond motifs is 3. The Morgan fingerprint density at radius 2 is 1.38 bits per heavy atom. The van der Waals surface area contributed by atoms with Crippen LogP contribution in [0.1, 0.15) is 111 Å². The van der Waals surface area contributed by atoms with Crippen LogP contribution in [0.15, 0.2) is 175 Å². The zero-order valence-electron chi connectivity index (χ0n) is 39.9. The normalized spacial score (nSPS) is 19.8. The Bertz CT molecular complexity index is 3070. The third kappa shape index (κ3) is 7.85. The van der Waals surface area contributed by atoms with Gasteiger partial charge < -0.3 is 9.47 Å². The van der Waals surface area contributed by atoms with Crippen molar-refractivity contribution in [1.29, 1.82) is 0 Å². The number of hydrogen-bond acceptors (Lipinski definition) is 2. The maximum Gasteiger partial charge on any atom is 0.134 e. The molecule has 1 fully saturated rings. The summed E-state index contributed by atoms with van der Waals surface area (Å²) in [5.74, 6) is 2.63. The predicted molar refractivity (Wildman–Crippen MR) is 279 cm³/mol. The van der Waals surface area contributed by atoms with Crippen molar-refractivity contribution in [3.8, 4) is 50.3 Å². The number of ether oxygens (including phenoxy) is 2. The number of benzene rings is 6. The maximum absolute atomic E-state index is 6.91. The maximum atomic E-state index is 6.91. The van der Waals surface area contributed by atoms with Crippen LogP contribution >= 0.6 is 0 Å². The van der Waals surface area contributed by atoms with Crippen LogP contribution in [0, 0.1) is 26.7 Å². The molecule has 6 aromatic rings. The molecule has 4 aliphatic rings. The number of hydrogen-bond donors (Lipinski definition) is 0. The monoisotopic (exact) mass is 862 g/mol. The Labute approximate surface area is 393 Å². The molecule has 2 aliphatic carbocycles. The van der Waals surface area contributed by atoms with Gasteiger partial charge in [0.15, 0.2) is 0 Å². The Morgan fingerprint density at radius 1 is 0.667 bits per heavy atom. The van der Waals surface area contributed by atoms with Crippen molar-refractivity contribution in [3.63, 3.8) is 0 Å². The molecule has 2 heteroatoms. The van der Waals surface area contributed by atoms with E-state index >= 15 is 0 Å². The highest BCUT2D eigenvalue weighted by atomic mass is 16.5. The van der Waals surface area contributed by atoms with Crippen LogP contribution in [-0.4, -0.2) is 6.10 Å². The molecular formula is C64H62O2. The molecule has 6 aromatic carbocycles. The van der Waals surface area contributed by atoms with Gasteiger partial charge in [-0.05, 0) is 208 Å². The van der Waals surface area contributed by atoms with E-state index in [2.05, 4.69) is 189 Å². The zero-order chi connectivity index (χ0) is 45.6. The molecule has 0 spiro atoms. The second kappa shape index (κ2) is 18.0. The third-order valence-electron chi connectivity index (χ3n) is 14.9. The average Bonchev–Trinajstić information content (AvgIpc) is 3.69. The summed E-state index contributed by atoms with van der Waals surface area (Å²) in [6.45, 7) is 19.8. The van der Waals surface area contributed by atoms with Gasteiger partial charge in [-0.25, -0.2) is 0 Å². The SMILES string of the molecule is C=C/C(=C\CCC)c1ccc(C)c(-c2cccc(-c3cc4c(cc3C)OC3C4=C(C)C4=C(O/C=C(C)\C(c5ccc(C6CCC6)c(-c6cc(-c7ccccc7)ccc6C)c5)=C/C4)C3C)c2)c1. The summed E-state index contributed by atoms with van der Waals surface area (Å²) < 4.78 is 13.7. The van der Waals surface area contributed by atoms with Crippen molar-refractivity contribution in [2.75, 3.05) is 0 Å². The number of allylic oxidation sites excluding steroid dienone is 8. The van der Waals surface area contributed by atoms with Gasteiger partial charge in [0.2, 0.25) is 0 Å². The smallest absolute Gasteiger partial charge is 0.134 e. The first-order valence-electron chi connectivity index (χ1n) is 24.3. The lowest BCUT2D eigenvalue weighted by atomic mass is 9.75. The van der Waals surface area contributed by atoms with Crippen molar-refractivity contribution in [2.24, 2.45) is 5.92 Å². The minimum Gasteiger partial charge on any atom is -0.484 e. The lowest BCUT2D eigenvalue weighted by Gasteiger charge is -2.32. The van der Waals surface area contributed by atoms with Crippen molar-refractivity contribution in [3.05, 3.63) is 214 Å². The van der Waals surface area contributed by atoms with Crippen molar-refractivity contribution >= 4 is 16.7 Å². The molecule has 2 nitrogen and oxygen atoms in total. The first-order valence-corrected chi connectivity index (χ1v) is 24.3. The van der Waals surface area contributed by atoms with Gasteiger partial charge in [0, 0.05) is 11.1 Å². The highest BCUT2D eigenvalue weighted by molar-refractivity contribution is 5.90. The molecule has 0 bridgehead atoms. The van der Waals surface area contributed by atoms with E-state index in [-0.39, 0.29) is 12.0 Å². The van der Waals surface area contributed by atoms with Crippen LogP contribution in [0.25, 0.3) is 61.2 Å². The van der Waals surface area contributed by atoms with Crippen LogP contribution < -0.4 is 4.74 Å². The van der Waals surface area contributed by atoms with E-state index in [0.717, 1.165) is 36.3 Å². The quantitative estimate of drug-likeness (QED) is 0.128. The standard InChI is InChI=1S/C64H62O2/c1-9-11-17-45(10-2)48-26-24-39(3)56(34-48)50-22-16-23-51(33-50)57-37-60-61(32-41(57)5)66-64-44(8)63-54(43(7)62(60)64)31-30-53(42(6)38-65-63)52-28-29-55(47-20-15-21-47)59(36-52)58-35-49(27-25-40(58)4)46-18-13-12-14-19-46/h10,12-14,16-19,22-30,32-38,44,47,64H,2,9,11,15,20-21,31H2,1,3-8H3/b42-38-,45-17+,53-30+. The van der Waals surface area contributed by atoms with E-state index in [9.17, 15) is 0 Å². The van der Waals surface area contributed by atoms with Gasteiger partial charge >= 0.3 is 0 Å². The van der Waals surface area contributed by atoms with E-state index in [1.54, 1.807) is 0 Å². The molecule has 330 valence electrons. The summed E-state index contributed by atoms with van der Waals surface area (Å²) in [5.41, 5.74) is 26.3. The van der Waals surface area contributed by atoms with Crippen LogP contribution in [0.5, 0.6) is 5.75 Å². The molecule has 2 unspecified atom stereocenters. The minimum absolute atomic E-state index is 0.0486. The van der Waals surface area contributed by atoms with Gasteiger partial charge in [0.05, 0.1) is 12.2 Å². The average molecular weight is 863 g/mol. The van der Waals surface area contributed by atoms with Gasteiger partial charge in [0.25, 0.3) is 0 Å². The molecule has 2 aliphatic heterocycles. The number of unbranched alkanes of at least 4 members (excludes halogenated alkanes) is 1. The summed E-state index contributed by atoms with van der Waals surface area (Å²) in [6.07, 6.45) is 15.4. The van der Waals surface area contributed by atoms with E-state index in [1.165, 1.54) is 131 Å². The van der Waals surface area contributed by atoms with Crippen LogP contribution in [-0.2, 0) is 4.74 Å². The van der Waals surface area contributed by atoms with Gasteiger partial charge in [-0.3, -0.25) is 0 Å². The zero-order valence-corrected chi connectivity index (χ0v) is 39.9. The fraction of sp³-hybridized carbons (Fsp3) is 0.250. The largest absolute Gasteiger partial charge is 0.484 e. The molecule has 2 heterocycles. The van der Waals surface area contributed by atoms with Gasteiger partial charge in [-0.2, -0.15) is 0 Å².